The Morgan fingerprint density at radius 2 is 2.09 bits per heavy atom. The van der Waals surface area contributed by atoms with Crippen LogP contribution >= 0.6 is 0 Å². The third-order valence-corrected chi connectivity index (χ3v) is 6.06. The molecular formula is C26H31N7O2. The van der Waals surface area contributed by atoms with Crippen LogP contribution in [0.25, 0.3) is 16.6 Å². The van der Waals surface area contributed by atoms with Crippen LogP contribution in [0.3, 0.4) is 0 Å². The van der Waals surface area contributed by atoms with Crippen LogP contribution in [0.5, 0.6) is 0 Å². The number of H-pyrrole nitrogens is 1. The second kappa shape index (κ2) is 8.98. The van der Waals surface area contributed by atoms with Crippen molar-refractivity contribution in [3.8, 4) is 0 Å². The zero-order valence-electron chi connectivity index (χ0n) is 20.5. The number of nitrogens with zero attached hydrogens (tertiary/aromatic N) is 4. The molecule has 1 atom stereocenters. The number of anilines is 2. The Balaban J connectivity index is 1.34. The molecule has 0 bridgehead atoms. The lowest BCUT2D eigenvalue weighted by atomic mass is 10.0. The van der Waals surface area contributed by atoms with Gasteiger partial charge in [-0.05, 0) is 62.6 Å². The number of hydrazone groups is 1. The van der Waals surface area contributed by atoms with Gasteiger partial charge in [0.05, 0.1) is 5.69 Å². The van der Waals surface area contributed by atoms with Gasteiger partial charge >= 0.3 is 6.09 Å². The molecule has 2 aliphatic heterocycles. The number of aromatic amines is 1. The second-order valence-electron chi connectivity index (χ2n) is 9.90. The molecule has 0 saturated heterocycles. The zero-order valence-corrected chi connectivity index (χ0v) is 20.5. The fraction of sp³-hybridized carbons (Fsp3) is 0.346. The number of nitrogens with one attached hydrogen (secondary N) is 3. The molecule has 182 valence electrons. The molecule has 1 amide bonds. The summed E-state index contributed by atoms with van der Waals surface area (Å²) >= 11 is 0. The third kappa shape index (κ3) is 4.94. The van der Waals surface area contributed by atoms with E-state index in [0.717, 1.165) is 40.1 Å². The van der Waals surface area contributed by atoms with E-state index in [1.54, 1.807) is 17.4 Å². The van der Waals surface area contributed by atoms with Gasteiger partial charge in [0.25, 0.3) is 0 Å². The number of carbonyl (C=O) groups excluding carboxylic acids is 1. The summed E-state index contributed by atoms with van der Waals surface area (Å²) in [5.41, 5.74) is 8.73. The van der Waals surface area contributed by atoms with Crippen molar-refractivity contribution < 1.29 is 9.53 Å². The molecule has 1 aromatic carbocycles. The number of fused-ring (bicyclic) bond motifs is 1. The number of hydrogen-bond acceptors (Lipinski definition) is 7. The second-order valence-corrected chi connectivity index (χ2v) is 9.90. The highest BCUT2D eigenvalue weighted by Gasteiger charge is 2.24. The van der Waals surface area contributed by atoms with Gasteiger partial charge in [-0.1, -0.05) is 18.2 Å². The number of amides is 1. The zero-order chi connectivity index (χ0) is 24.6. The molecule has 1 unspecified atom stereocenters. The molecular weight excluding hydrogens is 442 g/mol. The molecule has 9 heteroatoms. The van der Waals surface area contributed by atoms with E-state index in [0.29, 0.717) is 13.1 Å². The lowest BCUT2D eigenvalue weighted by Gasteiger charge is -2.29. The van der Waals surface area contributed by atoms with Crippen molar-refractivity contribution >= 4 is 40.4 Å². The summed E-state index contributed by atoms with van der Waals surface area (Å²) < 4.78 is 5.50. The van der Waals surface area contributed by atoms with E-state index in [9.17, 15) is 4.79 Å². The smallest absolute Gasteiger partial charge is 0.410 e. The van der Waals surface area contributed by atoms with Gasteiger partial charge in [0.1, 0.15) is 23.8 Å². The Kier molecular flexibility index (Phi) is 5.84. The minimum absolute atomic E-state index is 0.0200. The van der Waals surface area contributed by atoms with Crippen LogP contribution in [-0.4, -0.2) is 57.9 Å². The minimum Gasteiger partial charge on any atom is -0.444 e. The number of pyridine rings is 1. The monoisotopic (exact) mass is 473 g/mol. The molecule has 5 rings (SSSR count). The van der Waals surface area contributed by atoms with Crippen molar-refractivity contribution in [2.75, 3.05) is 25.5 Å². The van der Waals surface area contributed by atoms with Crippen LogP contribution in [0.15, 0.2) is 53.8 Å². The first kappa shape index (κ1) is 22.8. The van der Waals surface area contributed by atoms with E-state index in [1.165, 1.54) is 5.57 Å². The van der Waals surface area contributed by atoms with Gasteiger partial charge in [-0.25, -0.2) is 9.78 Å². The van der Waals surface area contributed by atoms with E-state index in [2.05, 4.69) is 50.1 Å². The standard InChI is InChI=1S/C26H31N7O2/c1-26(2,3)35-25(34)33-12-9-17(10-13-33)22-15-20-21(8-11-27-23(20)30-22)29-19-7-5-6-18(14-19)24-31-28-16-32(24)4/h5-9,11,14-16,24,31H,10,12-13H2,1-4H3,(H2,27,29,30). The molecule has 3 aromatic rings. The fourth-order valence-electron chi connectivity index (χ4n) is 4.32. The minimum atomic E-state index is -0.496. The Hall–Kier alpha value is -4.01. The third-order valence-electron chi connectivity index (χ3n) is 6.06. The summed E-state index contributed by atoms with van der Waals surface area (Å²) in [4.78, 5) is 24.1. The number of hydrogen-bond donors (Lipinski definition) is 3. The van der Waals surface area contributed by atoms with Crippen molar-refractivity contribution in [2.24, 2.45) is 5.10 Å². The normalized spacial score (nSPS) is 17.9. The van der Waals surface area contributed by atoms with Gasteiger partial charge in [0, 0.05) is 43.1 Å². The molecule has 2 aromatic heterocycles. The Labute approximate surface area is 204 Å². The molecule has 35 heavy (non-hydrogen) atoms. The first-order valence-corrected chi connectivity index (χ1v) is 11.8. The summed E-state index contributed by atoms with van der Waals surface area (Å²) in [5, 5.41) is 8.70. The van der Waals surface area contributed by atoms with Gasteiger partial charge < -0.3 is 24.8 Å². The first-order chi connectivity index (χ1) is 16.8. The Bertz CT molecular complexity index is 1300. The summed E-state index contributed by atoms with van der Waals surface area (Å²) in [6.07, 6.45) is 6.17. The number of carbonyl (C=O) groups is 1. The summed E-state index contributed by atoms with van der Waals surface area (Å²) in [5.74, 6) is 0. The number of ether oxygens (including phenoxy) is 1. The van der Waals surface area contributed by atoms with Gasteiger partial charge in [-0.2, -0.15) is 5.10 Å². The van der Waals surface area contributed by atoms with Crippen LogP contribution in [-0.2, 0) is 4.74 Å². The van der Waals surface area contributed by atoms with Crippen molar-refractivity contribution in [3.05, 3.63) is 59.9 Å². The van der Waals surface area contributed by atoms with E-state index in [4.69, 9.17) is 4.74 Å². The van der Waals surface area contributed by atoms with Gasteiger partial charge in [-0.15, -0.1) is 0 Å². The van der Waals surface area contributed by atoms with Gasteiger partial charge in [0.15, 0.2) is 0 Å². The summed E-state index contributed by atoms with van der Waals surface area (Å²) in [6, 6.07) is 12.4. The van der Waals surface area contributed by atoms with Crippen LogP contribution in [0.1, 0.15) is 44.6 Å². The average Bonchev–Trinajstić information content (AvgIpc) is 3.45. The van der Waals surface area contributed by atoms with Gasteiger partial charge in [0.2, 0.25) is 0 Å². The van der Waals surface area contributed by atoms with Gasteiger partial charge in [-0.3, -0.25) is 5.43 Å². The average molecular weight is 474 g/mol. The van der Waals surface area contributed by atoms with Crippen LogP contribution in [0, 0.1) is 0 Å². The fourth-order valence-corrected chi connectivity index (χ4v) is 4.32. The highest BCUT2D eigenvalue weighted by atomic mass is 16.6. The van der Waals surface area contributed by atoms with E-state index in [-0.39, 0.29) is 12.3 Å². The van der Waals surface area contributed by atoms with Crippen molar-refractivity contribution in [3.63, 3.8) is 0 Å². The summed E-state index contributed by atoms with van der Waals surface area (Å²) in [6.45, 7) is 6.79. The number of rotatable bonds is 4. The van der Waals surface area contributed by atoms with Crippen molar-refractivity contribution in [1.29, 1.82) is 0 Å². The molecule has 3 N–H and O–H groups in total. The maximum Gasteiger partial charge on any atom is 0.410 e. The number of benzene rings is 1. The lowest BCUT2D eigenvalue weighted by Crippen LogP contribution is -2.39. The van der Waals surface area contributed by atoms with Crippen LogP contribution < -0.4 is 10.7 Å². The topological polar surface area (TPSA) is 97.9 Å². The molecule has 2 aliphatic rings. The van der Waals surface area contributed by atoms with E-state index >= 15 is 0 Å². The highest BCUT2D eigenvalue weighted by Crippen LogP contribution is 2.31. The molecule has 0 aliphatic carbocycles. The molecule has 0 fully saturated rings. The lowest BCUT2D eigenvalue weighted by molar-refractivity contribution is 0.0270. The molecule has 4 heterocycles. The SMILES string of the molecule is CN1C=NNC1c1cccc(Nc2ccnc3[nH]c(C4=CCN(C(=O)OC(C)(C)C)CC4)cc23)c1. The summed E-state index contributed by atoms with van der Waals surface area (Å²) in [7, 11) is 1.99. The van der Waals surface area contributed by atoms with Crippen LogP contribution in [0.2, 0.25) is 0 Å². The number of aromatic nitrogens is 2. The maximum atomic E-state index is 12.4. The molecule has 0 saturated carbocycles. The van der Waals surface area contributed by atoms with E-state index in [1.807, 2.05) is 50.9 Å². The largest absolute Gasteiger partial charge is 0.444 e. The molecule has 0 radical (unpaired) electrons. The first-order valence-electron chi connectivity index (χ1n) is 11.8. The predicted octanol–water partition coefficient (Wildman–Crippen LogP) is 4.81. The highest BCUT2D eigenvalue weighted by molar-refractivity contribution is 5.94. The van der Waals surface area contributed by atoms with Crippen molar-refractivity contribution in [2.45, 2.75) is 39.0 Å². The Morgan fingerprint density at radius 3 is 2.80 bits per heavy atom. The van der Waals surface area contributed by atoms with Crippen LogP contribution in [0.4, 0.5) is 16.2 Å². The van der Waals surface area contributed by atoms with E-state index < -0.39 is 5.60 Å². The maximum absolute atomic E-state index is 12.4. The predicted molar refractivity (Wildman–Crippen MR) is 138 cm³/mol. The Morgan fingerprint density at radius 1 is 1.23 bits per heavy atom. The van der Waals surface area contributed by atoms with Crippen molar-refractivity contribution in [1.82, 2.24) is 25.2 Å². The molecule has 9 nitrogen and oxygen atoms in total. The molecule has 0 spiro atoms. The quantitative estimate of drug-likeness (QED) is 0.503.